The summed E-state index contributed by atoms with van der Waals surface area (Å²) in [5, 5.41) is 5.80. The molecule has 16 heavy (non-hydrogen) atoms. The molecule has 1 aromatic rings. The fourth-order valence-electron chi connectivity index (χ4n) is 1.27. The molecule has 0 aliphatic heterocycles. The molecule has 0 bridgehead atoms. The third-order valence-corrected chi connectivity index (χ3v) is 2.15. The average Bonchev–Trinajstić information content (AvgIpc) is 2.24. The highest BCUT2D eigenvalue weighted by atomic mass is 16.1. The van der Waals surface area contributed by atoms with Gasteiger partial charge in [-0.2, -0.15) is 0 Å². The molecule has 0 atom stereocenters. The second-order valence-corrected chi connectivity index (χ2v) is 3.52. The first-order chi connectivity index (χ1) is 7.63. The van der Waals surface area contributed by atoms with E-state index in [2.05, 4.69) is 10.6 Å². The van der Waals surface area contributed by atoms with Crippen molar-refractivity contribution in [3.05, 3.63) is 28.7 Å². The van der Waals surface area contributed by atoms with Gasteiger partial charge in [-0.25, -0.2) is 0 Å². The first kappa shape index (κ1) is 12.4. The molecule has 0 aliphatic rings. The van der Waals surface area contributed by atoms with Crippen LogP contribution in [0, 0.1) is 0 Å². The predicted molar refractivity (Wildman–Crippen MR) is 63.5 cm³/mol. The SMILES string of the molecule is CCNCCC(=O)Nc1ccc(=O)n(C)c1. The van der Waals surface area contributed by atoms with E-state index in [0.717, 1.165) is 6.54 Å². The Morgan fingerprint density at radius 3 is 2.81 bits per heavy atom. The van der Waals surface area contributed by atoms with E-state index in [0.29, 0.717) is 18.7 Å². The number of nitrogens with one attached hydrogen (secondary N) is 2. The number of rotatable bonds is 5. The summed E-state index contributed by atoms with van der Waals surface area (Å²) >= 11 is 0. The molecule has 0 saturated carbocycles. The Bertz CT molecular complexity index is 412. The highest BCUT2D eigenvalue weighted by Crippen LogP contribution is 2.02. The molecule has 88 valence electrons. The van der Waals surface area contributed by atoms with Gasteiger partial charge in [0, 0.05) is 32.3 Å². The van der Waals surface area contributed by atoms with Gasteiger partial charge >= 0.3 is 0 Å². The average molecular weight is 223 g/mol. The number of hydrogen-bond donors (Lipinski definition) is 2. The molecule has 0 spiro atoms. The molecule has 2 N–H and O–H groups in total. The summed E-state index contributed by atoms with van der Waals surface area (Å²) in [5.41, 5.74) is 0.550. The molecule has 1 heterocycles. The minimum Gasteiger partial charge on any atom is -0.325 e. The molecule has 0 aromatic carbocycles. The van der Waals surface area contributed by atoms with Crippen molar-refractivity contribution < 1.29 is 4.79 Å². The van der Waals surface area contributed by atoms with Crippen molar-refractivity contribution in [2.24, 2.45) is 7.05 Å². The zero-order valence-electron chi connectivity index (χ0n) is 9.62. The highest BCUT2D eigenvalue weighted by molar-refractivity contribution is 5.90. The van der Waals surface area contributed by atoms with Crippen LogP contribution in [0.3, 0.4) is 0 Å². The van der Waals surface area contributed by atoms with Gasteiger partial charge in [-0.15, -0.1) is 0 Å². The van der Waals surface area contributed by atoms with Crippen LogP contribution in [0.25, 0.3) is 0 Å². The van der Waals surface area contributed by atoms with E-state index < -0.39 is 0 Å². The highest BCUT2D eigenvalue weighted by Gasteiger charge is 2.02. The molecule has 1 rings (SSSR count). The van der Waals surface area contributed by atoms with E-state index in [-0.39, 0.29) is 11.5 Å². The minimum absolute atomic E-state index is 0.0559. The quantitative estimate of drug-likeness (QED) is 0.707. The van der Waals surface area contributed by atoms with Crippen LogP contribution in [0.5, 0.6) is 0 Å². The topological polar surface area (TPSA) is 63.1 Å². The van der Waals surface area contributed by atoms with Crippen molar-refractivity contribution in [1.29, 1.82) is 0 Å². The lowest BCUT2D eigenvalue weighted by atomic mass is 10.3. The summed E-state index contributed by atoms with van der Waals surface area (Å²) in [7, 11) is 1.65. The van der Waals surface area contributed by atoms with Gasteiger partial charge in [-0.05, 0) is 12.6 Å². The van der Waals surface area contributed by atoms with Crippen molar-refractivity contribution in [1.82, 2.24) is 9.88 Å². The standard InChI is InChI=1S/C11H17N3O2/c1-3-12-7-6-10(15)13-9-4-5-11(16)14(2)8-9/h4-5,8,12H,3,6-7H2,1-2H3,(H,13,15). The van der Waals surface area contributed by atoms with E-state index in [9.17, 15) is 9.59 Å². The summed E-state index contributed by atoms with van der Waals surface area (Å²) in [6.07, 6.45) is 2.03. The lowest BCUT2D eigenvalue weighted by Gasteiger charge is -2.06. The van der Waals surface area contributed by atoms with E-state index in [1.54, 1.807) is 19.3 Å². The van der Waals surface area contributed by atoms with Crippen LogP contribution < -0.4 is 16.2 Å². The zero-order chi connectivity index (χ0) is 12.0. The number of aryl methyl sites for hydroxylation is 1. The maximum absolute atomic E-state index is 11.4. The molecule has 0 radical (unpaired) electrons. The lowest BCUT2D eigenvalue weighted by Crippen LogP contribution is -2.22. The third kappa shape index (κ3) is 3.86. The van der Waals surface area contributed by atoms with Gasteiger partial charge in [-0.3, -0.25) is 9.59 Å². The smallest absolute Gasteiger partial charge is 0.250 e. The van der Waals surface area contributed by atoms with E-state index >= 15 is 0 Å². The molecule has 5 nitrogen and oxygen atoms in total. The Morgan fingerprint density at radius 2 is 2.19 bits per heavy atom. The van der Waals surface area contributed by atoms with Crippen molar-refractivity contribution in [3.63, 3.8) is 0 Å². The van der Waals surface area contributed by atoms with Crippen molar-refractivity contribution in [2.75, 3.05) is 18.4 Å². The molecular formula is C11H17N3O2. The van der Waals surface area contributed by atoms with Crippen LogP contribution in [0.15, 0.2) is 23.1 Å². The Balaban J connectivity index is 2.50. The summed E-state index contributed by atoms with van der Waals surface area (Å²) in [6.45, 7) is 3.51. The summed E-state index contributed by atoms with van der Waals surface area (Å²) in [4.78, 5) is 22.6. The van der Waals surface area contributed by atoms with Gasteiger partial charge in [0.15, 0.2) is 0 Å². The number of amides is 1. The maximum Gasteiger partial charge on any atom is 0.250 e. The summed E-state index contributed by atoms with van der Waals surface area (Å²) in [5.74, 6) is -0.0559. The second-order valence-electron chi connectivity index (χ2n) is 3.52. The monoisotopic (exact) mass is 223 g/mol. The van der Waals surface area contributed by atoms with Gasteiger partial charge in [0.05, 0.1) is 5.69 Å². The van der Waals surface area contributed by atoms with Crippen molar-refractivity contribution in [3.8, 4) is 0 Å². The van der Waals surface area contributed by atoms with Crippen LogP contribution in [-0.2, 0) is 11.8 Å². The largest absolute Gasteiger partial charge is 0.325 e. The Kier molecular flexibility index (Phi) is 4.72. The fraction of sp³-hybridized carbons (Fsp3) is 0.455. The first-order valence-electron chi connectivity index (χ1n) is 5.30. The molecular weight excluding hydrogens is 206 g/mol. The molecule has 5 heteroatoms. The minimum atomic E-state index is -0.0920. The van der Waals surface area contributed by atoms with Crippen LogP contribution in [0.2, 0.25) is 0 Å². The van der Waals surface area contributed by atoms with Gasteiger partial charge in [0.2, 0.25) is 11.5 Å². The maximum atomic E-state index is 11.4. The van der Waals surface area contributed by atoms with E-state index in [1.165, 1.54) is 10.6 Å². The molecule has 1 aromatic heterocycles. The Labute approximate surface area is 94.5 Å². The van der Waals surface area contributed by atoms with Gasteiger partial charge in [-0.1, -0.05) is 6.92 Å². The molecule has 0 aliphatic carbocycles. The molecule has 1 amide bonds. The summed E-state index contributed by atoms with van der Waals surface area (Å²) < 4.78 is 1.43. The molecule has 0 fully saturated rings. The van der Waals surface area contributed by atoms with Crippen LogP contribution in [-0.4, -0.2) is 23.6 Å². The third-order valence-electron chi connectivity index (χ3n) is 2.15. The summed E-state index contributed by atoms with van der Waals surface area (Å²) in [6, 6.07) is 3.04. The first-order valence-corrected chi connectivity index (χ1v) is 5.30. The van der Waals surface area contributed by atoms with Crippen LogP contribution in [0.4, 0.5) is 5.69 Å². The molecule has 0 saturated heterocycles. The van der Waals surface area contributed by atoms with E-state index in [4.69, 9.17) is 0 Å². The van der Waals surface area contributed by atoms with Gasteiger partial charge in [0.1, 0.15) is 0 Å². The Morgan fingerprint density at radius 1 is 1.44 bits per heavy atom. The van der Waals surface area contributed by atoms with Crippen LogP contribution >= 0.6 is 0 Å². The van der Waals surface area contributed by atoms with Crippen molar-refractivity contribution in [2.45, 2.75) is 13.3 Å². The predicted octanol–water partition coefficient (Wildman–Crippen LogP) is 0.323. The lowest BCUT2D eigenvalue weighted by molar-refractivity contribution is -0.116. The van der Waals surface area contributed by atoms with Crippen LogP contribution in [0.1, 0.15) is 13.3 Å². The second kappa shape index (κ2) is 6.07. The van der Waals surface area contributed by atoms with Gasteiger partial charge < -0.3 is 15.2 Å². The normalized spacial score (nSPS) is 10.1. The number of hydrogen-bond acceptors (Lipinski definition) is 3. The number of aromatic nitrogens is 1. The number of pyridine rings is 1. The number of nitrogens with zero attached hydrogens (tertiary/aromatic N) is 1. The fourth-order valence-corrected chi connectivity index (χ4v) is 1.27. The van der Waals surface area contributed by atoms with Gasteiger partial charge in [0.25, 0.3) is 0 Å². The van der Waals surface area contributed by atoms with E-state index in [1.807, 2.05) is 6.92 Å². The number of anilines is 1. The molecule has 0 unspecified atom stereocenters. The number of carbonyl (C=O) groups excluding carboxylic acids is 1. The Hall–Kier alpha value is -1.62. The van der Waals surface area contributed by atoms with Crippen molar-refractivity contribution >= 4 is 11.6 Å². The number of carbonyl (C=O) groups is 1. The zero-order valence-corrected chi connectivity index (χ0v) is 9.62.